The zero-order chi connectivity index (χ0) is 10.7. The summed E-state index contributed by atoms with van der Waals surface area (Å²) >= 11 is 0. The molecule has 1 aliphatic rings. The zero-order valence-corrected chi connectivity index (χ0v) is 9.20. The topological polar surface area (TPSA) is 38.5 Å². The molecule has 0 aromatic heterocycles. The van der Waals surface area contributed by atoms with E-state index in [1.807, 2.05) is 6.07 Å². The minimum Gasteiger partial charge on any atom is -0.496 e. The summed E-state index contributed by atoms with van der Waals surface area (Å²) in [5.41, 5.74) is 8.33. The summed E-state index contributed by atoms with van der Waals surface area (Å²) < 4.78 is 5.38. The number of fused-ring (bicyclic) bond motifs is 1. The van der Waals surface area contributed by atoms with Gasteiger partial charge in [-0.2, -0.15) is 0 Å². The van der Waals surface area contributed by atoms with E-state index in [1.165, 1.54) is 11.1 Å². The van der Waals surface area contributed by atoms with Crippen LogP contribution in [0, 0.1) is 0 Å². The highest BCUT2D eigenvalue weighted by atomic mass is 16.5. The Morgan fingerprint density at radius 3 is 3.07 bits per heavy atom. The molecule has 15 heavy (non-hydrogen) atoms. The summed E-state index contributed by atoms with van der Waals surface area (Å²) in [6.45, 7) is 3.77. The number of ether oxygens (including phenoxy) is 1. The molecule has 3 heteroatoms. The molecule has 0 saturated carbocycles. The van der Waals surface area contributed by atoms with E-state index in [2.05, 4.69) is 17.0 Å². The van der Waals surface area contributed by atoms with Crippen LogP contribution in [0.5, 0.6) is 5.75 Å². The van der Waals surface area contributed by atoms with Crippen LogP contribution < -0.4 is 10.5 Å². The highest BCUT2D eigenvalue weighted by Gasteiger charge is 2.18. The third-order valence-corrected chi connectivity index (χ3v) is 2.97. The van der Waals surface area contributed by atoms with Crippen LogP contribution in [0.4, 0.5) is 0 Å². The molecule has 0 spiro atoms. The molecule has 0 saturated heterocycles. The molecular weight excluding hydrogens is 188 g/mol. The minimum atomic E-state index is 0.727. The monoisotopic (exact) mass is 206 g/mol. The van der Waals surface area contributed by atoms with Crippen molar-refractivity contribution in [2.24, 2.45) is 5.73 Å². The number of rotatable bonds is 3. The lowest BCUT2D eigenvalue weighted by molar-refractivity contribution is 0.255. The Hall–Kier alpha value is -1.06. The van der Waals surface area contributed by atoms with Gasteiger partial charge in [-0.05, 0) is 18.1 Å². The summed E-state index contributed by atoms with van der Waals surface area (Å²) in [4.78, 5) is 2.38. The number of benzene rings is 1. The second-order valence-corrected chi connectivity index (χ2v) is 3.91. The van der Waals surface area contributed by atoms with Crippen LogP contribution in [0.1, 0.15) is 11.1 Å². The molecule has 2 N–H and O–H groups in total. The molecule has 1 aromatic rings. The number of hydrogen-bond acceptors (Lipinski definition) is 3. The fourth-order valence-corrected chi connectivity index (χ4v) is 2.17. The van der Waals surface area contributed by atoms with E-state index < -0.39 is 0 Å². The second kappa shape index (κ2) is 4.64. The van der Waals surface area contributed by atoms with E-state index in [4.69, 9.17) is 10.5 Å². The summed E-state index contributed by atoms with van der Waals surface area (Å²) in [6.07, 6.45) is 1.10. The van der Waals surface area contributed by atoms with E-state index >= 15 is 0 Å². The number of hydrogen-bond donors (Lipinski definition) is 1. The number of nitrogens with two attached hydrogens (primary N) is 1. The fourth-order valence-electron chi connectivity index (χ4n) is 2.17. The smallest absolute Gasteiger partial charge is 0.123 e. The van der Waals surface area contributed by atoms with E-state index in [-0.39, 0.29) is 0 Å². The molecular formula is C12H18N2O. The van der Waals surface area contributed by atoms with Crippen LogP contribution in [0.25, 0.3) is 0 Å². The maximum atomic E-state index is 5.58. The Morgan fingerprint density at radius 2 is 2.33 bits per heavy atom. The Labute approximate surface area is 90.8 Å². The Morgan fingerprint density at radius 1 is 1.47 bits per heavy atom. The third kappa shape index (κ3) is 2.13. The molecule has 1 aliphatic heterocycles. The number of nitrogens with zero attached hydrogens (tertiary/aromatic N) is 1. The van der Waals surface area contributed by atoms with E-state index in [0.29, 0.717) is 0 Å². The van der Waals surface area contributed by atoms with Crippen molar-refractivity contribution in [2.45, 2.75) is 13.0 Å². The summed E-state index contributed by atoms with van der Waals surface area (Å²) in [5.74, 6) is 1.01. The molecule has 0 atom stereocenters. The zero-order valence-electron chi connectivity index (χ0n) is 9.20. The molecule has 0 bridgehead atoms. The van der Waals surface area contributed by atoms with Crippen LogP contribution in [-0.2, 0) is 13.0 Å². The molecule has 1 heterocycles. The van der Waals surface area contributed by atoms with Gasteiger partial charge < -0.3 is 10.5 Å². The molecule has 0 radical (unpaired) electrons. The largest absolute Gasteiger partial charge is 0.496 e. The van der Waals surface area contributed by atoms with Crippen LogP contribution in [0.2, 0.25) is 0 Å². The van der Waals surface area contributed by atoms with Gasteiger partial charge in [0.2, 0.25) is 0 Å². The van der Waals surface area contributed by atoms with E-state index in [1.54, 1.807) is 7.11 Å². The average Bonchev–Trinajstić information content (AvgIpc) is 2.28. The predicted octanol–water partition coefficient (Wildman–Crippen LogP) is 1.01. The highest BCUT2D eigenvalue weighted by Crippen LogP contribution is 2.27. The fraction of sp³-hybridized carbons (Fsp3) is 0.500. The molecule has 3 nitrogen and oxygen atoms in total. The van der Waals surface area contributed by atoms with E-state index in [0.717, 1.165) is 38.3 Å². The van der Waals surface area contributed by atoms with Gasteiger partial charge in [-0.15, -0.1) is 0 Å². The van der Waals surface area contributed by atoms with Gasteiger partial charge in [-0.1, -0.05) is 12.1 Å². The summed E-state index contributed by atoms with van der Waals surface area (Å²) in [7, 11) is 1.73. The first-order valence-electron chi connectivity index (χ1n) is 5.42. The van der Waals surface area contributed by atoms with Gasteiger partial charge in [0, 0.05) is 31.7 Å². The lowest BCUT2D eigenvalue weighted by Gasteiger charge is -2.29. The molecule has 1 aromatic carbocycles. The predicted molar refractivity (Wildman–Crippen MR) is 61.0 cm³/mol. The van der Waals surface area contributed by atoms with Crippen molar-refractivity contribution in [3.8, 4) is 5.75 Å². The molecule has 0 amide bonds. The third-order valence-electron chi connectivity index (χ3n) is 2.97. The molecule has 0 aliphatic carbocycles. The van der Waals surface area contributed by atoms with Crippen molar-refractivity contribution in [3.05, 3.63) is 29.3 Å². The SMILES string of the molecule is COc1cccc2c1CN(CCN)CC2. The van der Waals surface area contributed by atoms with Crippen molar-refractivity contribution in [2.75, 3.05) is 26.7 Å². The molecule has 0 unspecified atom stereocenters. The first-order valence-corrected chi connectivity index (χ1v) is 5.42. The maximum Gasteiger partial charge on any atom is 0.123 e. The van der Waals surface area contributed by atoms with Gasteiger partial charge in [-0.25, -0.2) is 0 Å². The molecule has 82 valence electrons. The summed E-state index contributed by atoms with van der Waals surface area (Å²) in [6, 6.07) is 6.29. The normalized spacial score (nSPS) is 16.1. The van der Waals surface area contributed by atoms with Crippen molar-refractivity contribution < 1.29 is 4.74 Å². The second-order valence-electron chi connectivity index (χ2n) is 3.91. The van der Waals surface area contributed by atoms with Gasteiger partial charge in [0.25, 0.3) is 0 Å². The van der Waals surface area contributed by atoms with Crippen molar-refractivity contribution in [3.63, 3.8) is 0 Å². The van der Waals surface area contributed by atoms with Crippen LogP contribution in [-0.4, -0.2) is 31.6 Å². The highest BCUT2D eigenvalue weighted by molar-refractivity contribution is 5.41. The molecule has 0 fully saturated rings. The van der Waals surface area contributed by atoms with Gasteiger partial charge in [0.1, 0.15) is 5.75 Å². The van der Waals surface area contributed by atoms with Crippen LogP contribution >= 0.6 is 0 Å². The average molecular weight is 206 g/mol. The lowest BCUT2D eigenvalue weighted by atomic mass is 9.99. The van der Waals surface area contributed by atoms with Crippen molar-refractivity contribution >= 4 is 0 Å². The summed E-state index contributed by atoms with van der Waals surface area (Å²) in [5, 5.41) is 0. The Kier molecular flexibility index (Phi) is 3.23. The Balaban J connectivity index is 2.22. The van der Waals surface area contributed by atoms with Gasteiger partial charge in [-0.3, -0.25) is 4.90 Å². The van der Waals surface area contributed by atoms with E-state index in [9.17, 15) is 0 Å². The quantitative estimate of drug-likeness (QED) is 0.802. The number of methoxy groups -OCH3 is 1. The van der Waals surface area contributed by atoms with Crippen molar-refractivity contribution in [1.29, 1.82) is 0 Å². The minimum absolute atomic E-state index is 0.727. The van der Waals surface area contributed by atoms with Gasteiger partial charge in [0.05, 0.1) is 7.11 Å². The van der Waals surface area contributed by atoms with Crippen molar-refractivity contribution in [1.82, 2.24) is 4.90 Å². The van der Waals surface area contributed by atoms with Gasteiger partial charge in [0.15, 0.2) is 0 Å². The maximum absolute atomic E-state index is 5.58. The first kappa shape index (κ1) is 10.5. The molecule has 2 rings (SSSR count). The Bertz CT molecular complexity index is 324. The first-order chi connectivity index (χ1) is 7.35. The van der Waals surface area contributed by atoms with Crippen LogP contribution in [0.15, 0.2) is 18.2 Å². The lowest BCUT2D eigenvalue weighted by Crippen LogP contribution is -2.34. The van der Waals surface area contributed by atoms with Crippen LogP contribution in [0.3, 0.4) is 0 Å². The van der Waals surface area contributed by atoms with Gasteiger partial charge >= 0.3 is 0 Å². The standard InChI is InChI=1S/C12H18N2O/c1-15-12-4-2-3-10-5-7-14(8-6-13)9-11(10)12/h2-4H,5-9,13H2,1H3.